The maximum atomic E-state index is 9.55. The highest BCUT2D eigenvalue weighted by atomic mass is 16.5. The van der Waals surface area contributed by atoms with Crippen molar-refractivity contribution in [2.45, 2.75) is 32.0 Å². The number of ether oxygens (including phenoxy) is 1. The Morgan fingerprint density at radius 3 is 1.21 bits per heavy atom. The van der Waals surface area contributed by atoms with E-state index in [2.05, 4.69) is 67.6 Å². The first-order valence-corrected chi connectivity index (χ1v) is 11.2. The molecular weight excluding hydrogens is 408 g/mol. The van der Waals surface area contributed by atoms with Gasteiger partial charge in [-0.05, 0) is 52.4 Å². The molecule has 0 spiro atoms. The Morgan fingerprint density at radius 1 is 0.545 bits per heavy atom. The van der Waals surface area contributed by atoms with E-state index >= 15 is 0 Å². The summed E-state index contributed by atoms with van der Waals surface area (Å²) in [6.45, 7) is 2.15. The van der Waals surface area contributed by atoms with Crippen molar-refractivity contribution in [3.63, 3.8) is 0 Å². The first-order valence-electron chi connectivity index (χ1n) is 11.2. The van der Waals surface area contributed by atoms with Gasteiger partial charge < -0.3 is 14.9 Å². The van der Waals surface area contributed by atoms with Crippen molar-refractivity contribution in [2.75, 3.05) is 7.11 Å². The van der Waals surface area contributed by atoms with Crippen molar-refractivity contribution in [3.8, 4) is 5.75 Å². The molecule has 3 nitrogen and oxygen atoms in total. The summed E-state index contributed by atoms with van der Waals surface area (Å²) in [5.74, 6) is 0.936. The maximum Gasteiger partial charge on any atom is 0.118 e. The van der Waals surface area contributed by atoms with Crippen molar-refractivity contribution >= 4 is 0 Å². The molecule has 0 heterocycles. The summed E-state index contributed by atoms with van der Waals surface area (Å²) in [5, 5.41) is 19.1. The third-order valence-electron chi connectivity index (χ3n) is 6.29. The summed E-state index contributed by atoms with van der Waals surface area (Å²) in [4.78, 5) is 0. The number of hydrogen-bond acceptors (Lipinski definition) is 3. The van der Waals surface area contributed by atoms with Gasteiger partial charge in [-0.25, -0.2) is 0 Å². The van der Waals surface area contributed by atoms with E-state index in [-0.39, 0.29) is 25.0 Å². The predicted octanol–water partition coefficient (Wildman–Crippen LogP) is 5.95. The van der Waals surface area contributed by atoms with Crippen LogP contribution >= 0.6 is 0 Å². The molecule has 0 saturated heterocycles. The number of benzene rings is 4. The van der Waals surface area contributed by atoms with Crippen LogP contribution in [0.4, 0.5) is 0 Å². The Kier molecular flexibility index (Phi) is 7.23. The molecule has 0 aromatic heterocycles. The van der Waals surface area contributed by atoms with Gasteiger partial charge in [-0.3, -0.25) is 0 Å². The van der Waals surface area contributed by atoms with Gasteiger partial charge in [0.2, 0.25) is 0 Å². The molecule has 2 atom stereocenters. The van der Waals surface area contributed by atoms with Crippen molar-refractivity contribution in [1.82, 2.24) is 0 Å². The van der Waals surface area contributed by atoms with Crippen molar-refractivity contribution in [1.29, 1.82) is 0 Å². The van der Waals surface area contributed by atoms with E-state index in [0.717, 1.165) is 16.9 Å². The fourth-order valence-electron chi connectivity index (χ4n) is 4.40. The molecule has 3 heteroatoms. The first kappa shape index (κ1) is 22.8. The lowest BCUT2D eigenvalue weighted by Crippen LogP contribution is -2.15. The summed E-state index contributed by atoms with van der Waals surface area (Å²) in [7, 11) is 1.68. The highest BCUT2D eigenvalue weighted by molar-refractivity contribution is 5.47. The fourth-order valence-corrected chi connectivity index (χ4v) is 4.40. The SMILES string of the molecule is COc1ccc(C(c2ccc(CO)cc2)C(c2ccc(C)cc2)c2ccc(CO)cc2)cc1. The summed E-state index contributed by atoms with van der Waals surface area (Å²) in [6.07, 6.45) is 0. The van der Waals surface area contributed by atoms with Gasteiger partial charge in [0.15, 0.2) is 0 Å². The zero-order valence-electron chi connectivity index (χ0n) is 19.1. The van der Waals surface area contributed by atoms with E-state index in [4.69, 9.17) is 4.74 Å². The maximum absolute atomic E-state index is 9.55. The first-order chi connectivity index (χ1) is 16.1. The molecule has 0 radical (unpaired) electrons. The lowest BCUT2D eigenvalue weighted by Gasteiger charge is -2.30. The summed E-state index contributed by atoms with van der Waals surface area (Å²) in [6, 6.07) is 33.5. The van der Waals surface area contributed by atoms with Crippen molar-refractivity contribution < 1.29 is 14.9 Å². The molecule has 2 N–H and O–H groups in total. The molecule has 4 aromatic rings. The second-order valence-corrected chi connectivity index (χ2v) is 8.44. The molecular formula is C30H30O3. The smallest absolute Gasteiger partial charge is 0.118 e. The van der Waals surface area contributed by atoms with E-state index in [1.54, 1.807) is 7.11 Å². The standard InChI is InChI=1S/C30H30O3/c1-21-3-9-24(10-4-21)29(25-11-5-22(19-31)6-12-25)30(26-13-7-23(20-32)8-14-26)27-15-17-28(33-2)18-16-27/h3-18,29-32H,19-20H2,1-2H3. The monoisotopic (exact) mass is 438 g/mol. The van der Waals surface area contributed by atoms with E-state index in [1.807, 2.05) is 36.4 Å². The number of methoxy groups -OCH3 is 1. The number of aryl methyl sites for hydroxylation is 1. The average molecular weight is 439 g/mol. The highest BCUT2D eigenvalue weighted by Crippen LogP contribution is 2.43. The van der Waals surface area contributed by atoms with E-state index in [1.165, 1.54) is 27.8 Å². The van der Waals surface area contributed by atoms with Crippen LogP contribution in [-0.4, -0.2) is 17.3 Å². The molecule has 0 aliphatic rings. The number of aliphatic hydroxyl groups excluding tert-OH is 2. The van der Waals surface area contributed by atoms with Crippen LogP contribution in [0, 0.1) is 6.92 Å². The van der Waals surface area contributed by atoms with Crippen LogP contribution in [0.3, 0.4) is 0 Å². The molecule has 4 rings (SSSR count). The van der Waals surface area contributed by atoms with Crippen LogP contribution in [0.1, 0.15) is 50.8 Å². The summed E-state index contributed by atoms with van der Waals surface area (Å²) < 4.78 is 5.40. The number of hydrogen-bond donors (Lipinski definition) is 2. The Balaban J connectivity index is 1.90. The molecule has 0 aliphatic heterocycles. The van der Waals surface area contributed by atoms with E-state index in [9.17, 15) is 10.2 Å². The zero-order valence-corrected chi connectivity index (χ0v) is 19.1. The molecule has 2 unspecified atom stereocenters. The predicted molar refractivity (Wildman–Crippen MR) is 133 cm³/mol. The molecule has 0 bridgehead atoms. The van der Waals surface area contributed by atoms with Crippen molar-refractivity contribution in [2.24, 2.45) is 0 Å². The summed E-state index contributed by atoms with van der Waals surface area (Å²) >= 11 is 0. The second-order valence-electron chi connectivity index (χ2n) is 8.44. The second kappa shape index (κ2) is 10.5. The average Bonchev–Trinajstić information content (AvgIpc) is 2.88. The lowest BCUT2D eigenvalue weighted by atomic mass is 9.73. The molecule has 0 amide bonds. The van der Waals surface area contributed by atoms with Gasteiger partial charge in [0.05, 0.1) is 20.3 Å². The molecule has 0 aliphatic carbocycles. The quantitative estimate of drug-likeness (QED) is 0.357. The van der Waals surface area contributed by atoms with Crippen molar-refractivity contribution in [3.05, 3.63) is 136 Å². The zero-order chi connectivity index (χ0) is 23.2. The van der Waals surface area contributed by atoms with Crippen LogP contribution in [0.15, 0.2) is 97.1 Å². The van der Waals surface area contributed by atoms with Crippen LogP contribution in [0.5, 0.6) is 5.75 Å². The molecule has 4 aromatic carbocycles. The number of aliphatic hydroxyl groups is 2. The van der Waals surface area contributed by atoms with Gasteiger partial charge in [-0.15, -0.1) is 0 Å². The topological polar surface area (TPSA) is 49.7 Å². The van der Waals surface area contributed by atoms with Gasteiger partial charge in [-0.1, -0.05) is 90.5 Å². The molecule has 33 heavy (non-hydrogen) atoms. The van der Waals surface area contributed by atoms with Crippen LogP contribution in [0.2, 0.25) is 0 Å². The van der Waals surface area contributed by atoms with Crippen LogP contribution in [-0.2, 0) is 13.2 Å². The van der Waals surface area contributed by atoms with Gasteiger partial charge in [0, 0.05) is 11.8 Å². The lowest BCUT2D eigenvalue weighted by molar-refractivity contribution is 0.281. The fraction of sp³-hybridized carbons (Fsp3) is 0.200. The molecule has 0 saturated carbocycles. The van der Waals surface area contributed by atoms with Gasteiger partial charge in [0.1, 0.15) is 5.75 Å². The minimum atomic E-state index is 0.0253. The molecule has 168 valence electrons. The van der Waals surface area contributed by atoms with Gasteiger partial charge >= 0.3 is 0 Å². The third-order valence-corrected chi connectivity index (χ3v) is 6.29. The Bertz CT molecular complexity index is 1100. The molecule has 0 fully saturated rings. The Morgan fingerprint density at radius 2 is 0.879 bits per heavy atom. The minimum absolute atomic E-state index is 0.0253. The largest absolute Gasteiger partial charge is 0.497 e. The Hall–Kier alpha value is -3.40. The third kappa shape index (κ3) is 5.16. The van der Waals surface area contributed by atoms with E-state index < -0.39 is 0 Å². The van der Waals surface area contributed by atoms with Crippen LogP contribution in [0.25, 0.3) is 0 Å². The minimum Gasteiger partial charge on any atom is -0.497 e. The highest BCUT2D eigenvalue weighted by Gasteiger charge is 2.28. The van der Waals surface area contributed by atoms with E-state index in [0.29, 0.717) is 0 Å². The summed E-state index contributed by atoms with van der Waals surface area (Å²) in [5.41, 5.74) is 7.79. The Labute approximate surface area is 195 Å². The number of rotatable bonds is 8. The normalized spacial score (nSPS) is 12.8. The van der Waals surface area contributed by atoms with Gasteiger partial charge in [0.25, 0.3) is 0 Å². The van der Waals surface area contributed by atoms with Gasteiger partial charge in [-0.2, -0.15) is 0 Å². The van der Waals surface area contributed by atoms with Crippen LogP contribution < -0.4 is 4.74 Å².